The number of piperazine rings is 1. The van der Waals surface area contributed by atoms with Crippen molar-refractivity contribution < 1.29 is 24.0 Å². The first-order valence-corrected chi connectivity index (χ1v) is 9.73. The molecular weight excluding hydrogens is 376 g/mol. The van der Waals surface area contributed by atoms with Gasteiger partial charge in [-0.2, -0.15) is 0 Å². The lowest BCUT2D eigenvalue weighted by Crippen LogP contribution is -2.64. The molecule has 2 saturated heterocycles. The molecule has 3 unspecified atom stereocenters. The van der Waals surface area contributed by atoms with Crippen LogP contribution in [0.1, 0.15) is 39.5 Å². The Kier molecular flexibility index (Phi) is 7.76. The summed E-state index contributed by atoms with van der Waals surface area (Å²) in [6.07, 6.45) is 0.613. The van der Waals surface area contributed by atoms with Gasteiger partial charge in [0.2, 0.25) is 5.91 Å². The minimum absolute atomic E-state index is 0.00665. The summed E-state index contributed by atoms with van der Waals surface area (Å²) in [6, 6.07) is 0.340. The van der Waals surface area contributed by atoms with Crippen LogP contribution in [0.3, 0.4) is 0 Å². The van der Waals surface area contributed by atoms with Crippen molar-refractivity contribution in [3.05, 3.63) is 0 Å². The summed E-state index contributed by atoms with van der Waals surface area (Å²) in [4.78, 5) is 55.9. The van der Waals surface area contributed by atoms with Gasteiger partial charge in [0.05, 0.1) is 0 Å². The molecule has 2 rings (SSSR count). The number of unbranched alkanes of at least 4 members (excludes halogenated alkanes) is 1. The highest BCUT2D eigenvalue weighted by atomic mass is 18.1. The van der Waals surface area contributed by atoms with Gasteiger partial charge < -0.3 is 15.5 Å². The summed E-state index contributed by atoms with van der Waals surface area (Å²) in [5.74, 6) is -1.01. The second-order valence-corrected chi connectivity index (χ2v) is 7.53. The van der Waals surface area contributed by atoms with E-state index in [0.717, 1.165) is 6.54 Å². The van der Waals surface area contributed by atoms with Gasteiger partial charge in [-0.1, -0.05) is 0 Å². The number of nitrogens with zero attached hydrogens (tertiary/aromatic N) is 3. The third-order valence-corrected chi connectivity index (χ3v) is 5.44. The van der Waals surface area contributed by atoms with Crippen molar-refractivity contribution in [2.75, 3.05) is 33.7 Å². The largest absolute Gasteiger partial charge is 0.432 e. The van der Waals surface area contributed by atoms with Crippen LogP contribution >= 0.6 is 0 Å². The summed E-state index contributed by atoms with van der Waals surface area (Å²) < 4.78 is 0. The topological polar surface area (TPSA) is 111 Å². The number of likely N-dealkylation sites (N-methyl/N-ethyl adjacent to an activating group) is 2. The lowest BCUT2D eigenvalue weighted by molar-refractivity contribution is -0.171. The third-order valence-electron chi connectivity index (χ3n) is 5.44. The second kappa shape index (κ2) is 9.83. The third kappa shape index (κ3) is 5.41. The number of hydroxylamine groups is 2. The maximum Gasteiger partial charge on any atom is 0.432 e. The highest BCUT2D eigenvalue weighted by Gasteiger charge is 2.38. The van der Waals surface area contributed by atoms with Crippen molar-refractivity contribution in [2.24, 2.45) is 0 Å². The quantitative estimate of drug-likeness (QED) is 0.196. The Hall–Kier alpha value is -2.20. The number of imide groups is 1. The molecule has 0 aliphatic carbocycles. The van der Waals surface area contributed by atoms with Crippen LogP contribution in [0.5, 0.6) is 0 Å². The SMILES string of the molecule is CC1CN(C)C(C(=O)[15NH][13CH2][13CH2][13CH2][13CH2][15NH][13C](=[18O])ON2C(=O)CCC2=O)C(C)[15N]1C. The van der Waals surface area contributed by atoms with Crippen LogP contribution in [0.25, 0.3) is 0 Å². The fourth-order valence-corrected chi connectivity index (χ4v) is 3.60. The van der Waals surface area contributed by atoms with Gasteiger partial charge in [0, 0.05) is 44.6 Å². The van der Waals surface area contributed by atoms with Gasteiger partial charge in [-0.3, -0.25) is 24.2 Å². The highest BCUT2D eigenvalue weighted by molar-refractivity contribution is 6.01. The molecule has 0 spiro atoms. The molecule has 2 N–H and O–H groups in total. The van der Waals surface area contributed by atoms with E-state index in [4.69, 9.17) is 4.84 Å². The molecule has 0 bridgehead atoms. The molecule has 0 aromatic rings. The van der Waals surface area contributed by atoms with Crippen LogP contribution in [0.2, 0.25) is 0 Å². The Morgan fingerprint density at radius 2 is 1.68 bits per heavy atom. The predicted octanol–water partition coefficient (Wildman–Crippen LogP) is -0.304. The molecular formula is C18H31N5O5. The first-order valence-electron chi connectivity index (χ1n) is 9.73. The minimum Gasteiger partial charge on any atom is -0.355 e. The van der Waals surface area contributed by atoms with Crippen molar-refractivity contribution in [1.82, 2.24) is 25.5 Å². The summed E-state index contributed by atoms with van der Waals surface area (Å²) in [5.41, 5.74) is 0. The standard InChI is InChI=1S/C18H31N5O5/c1-12-11-21(3)16(13(2)22(12)4)17(26)19-9-5-6-10-20-18(27)28-23-14(24)7-8-15(23)25/h12-13,16H,5-11H2,1-4H3,(H,19,26)(H,20,27)/i5+1,6+1,9+1,10+1,18+1,19+1,20+1,22+1,27+2. The summed E-state index contributed by atoms with van der Waals surface area (Å²) in [5, 5.41) is 5.96. The molecule has 28 heavy (non-hydrogen) atoms. The second-order valence-electron chi connectivity index (χ2n) is 7.53. The van der Waals surface area contributed by atoms with E-state index in [0.29, 0.717) is 37.0 Å². The molecule has 3 atom stereocenters. The molecule has 0 aromatic heterocycles. The van der Waals surface area contributed by atoms with Gasteiger partial charge in [-0.15, -0.1) is 5.06 Å². The molecule has 0 aromatic carbocycles. The van der Waals surface area contributed by atoms with Crippen LogP contribution in [0.15, 0.2) is 0 Å². The average molecular weight is 407 g/mol. The van der Waals surface area contributed by atoms with Crippen LogP contribution in [-0.2, 0) is 19.2 Å². The first kappa shape index (κ1) is 22.1. The molecule has 10 nitrogen and oxygen atoms in total. The zero-order valence-corrected chi connectivity index (χ0v) is 17.1. The smallest absolute Gasteiger partial charge is 0.355 e. The van der Waals surface area contributed by atoms with E-state index in [9.17, 15) is 19.2 Å². The molecule has 2 aliphatic rings. The number of carbonyl (C=O) groups excluding carboxylic acids is 4. The van der Waals surface area contributed by atoms with Crippen molar-refractivity contribution in [1.29, 1.82) is 0 Å². The molecule has 10 heteroatoms. The number of nitrogens with one attached hydrogen (secondary N) is 2. The number of hydrogen-bond acceptors (Lipinski definition) is 7. The van der Waals surface area contributed by atoms with E-state index in [-0.39, 0.29) is 30.8 Å². The van der Waals surface area contributed by atoms with Gasteiger partial charge in [-0.25, -0.2) is 4.79 Å². The average Bonchev–Trinajstić information content (AvgIpc) is 2.94. The summed E-state index contributed by atoms with van der Waals surface area (Å²) in [6.45, 7) is 5.88. The highest BCUT2D eigenvalue weighted by Crippen LogP contribution is 2.18. The van der Waals surface area contributed by atoms with Gasteiger partial charge in [-0.05, 0) is 40.8 Å². The lowest BCUT2D eigenvalue weighted by Gasteiger charge is -2.46. The molecule has 158 valence electrons. The fourth-order valence-electron chi connectivity index (χ4n) is 3.60. The zero-order valence-electron chi connectivity index (χ0n) is 17.1. The van der Waals surface area contributed by atoms with Crippen molar-refractivity contribution in [3.63, 3.8) is 0 Å². The first-order chi connectivity index (χ1) is 13.2. The number of amides is 4. The molecule has 0 saturated carbocycles. The monoisotopic (exact) mass is 407 g/mol. The minimum atomic E-state index is -0.831. The van der Waals surface area contributed by atoms with Crippen LogP contribution in [-0.4, -0.2) is 90.5 Å². The van der Waals surface area contributed by atoms with E-state index < -0.39 is 17.9 Å². The van der Waals surface area contributed by atoms with E-state index in [1.165, 1.54) is 0 Å². The van der Waals surface area contributed by atoms with Crippen molar-refractivity contribution >= 4 is 23.8 Å². The van der Waals surface area contributed by atoms with Gasteiger partial charge >= 0.3 is 6.09 Å². The number of rotatable bonds is 7. The Morgan fingerprint density at radius 1 is 1.11 bits per heavy atom. The van der Waals surface area contributed by atoms with E-state index >= 15 is 0 Å². The van der Waals surface area contributed by atoms with Gasteiger partial charge in [0.15, 0.2) is 0 Å². The number of carbonyl (C=O) groups is 4. The fraction of sp³-hybridized carbons (Fsp3) is 0.778. The maximum atomic E-state index is 12.5. The van der Waals surface area contributed by atoms with Crippen LogP contribution in [0.4, 0.5) is 4.79 Å². The molecule has 2 aliphatic heterocycles. The molecule has 4 amide bonds. The van der Waals surface area contributed by atoms with Crippen LogP contribution in [0, 0.1) is 0 Å². The van der Waals surface area contributed by atoms with Crippen molar-refractivity contribution in [2.45, 2.75) is 57.7 Å². The van der Waals surface area contributed by atoms with Crippen molar-refractivity contribution in [3.8, 4) is 0 Å². The summed E-state index contributed by atoms with van der Waals surface area (Å²) in [7, 11) is 4.01. The molecule has 0 radical (unpaired) electrons. The Morgan fingerprint density at radius 3 is 2.29 bits per heavy atom. The number of hydrogen-bond donors (Lipinski definition) is 2. The Labute approximate surface area is 165 Å². The Balaban J connectivity index is 1.61. The summed E-state index contributed by atoms with van der Waals surface area (Å²) >= 11 is 0. The van der Waals surface area contributed by atoms with Gasteiger partial charge in [0.25, 0.3) is 11.8 Å². The van der Waals surface area contributed by atoms with E-state index in [1.54, 1.807) is 0 Å². The van der Waals surface area contributed by atoms with E-state index in [2.05, 4.69) is 34.3 Å². The molecule has 2 fully saturated rings. The van der Waals surface area contributed by atoms with Gasteiger partial charge in [0.1, 0.15) is 6.04 Å². The lowest BCUT2D eigenvalue weighted by atomic mass is 10.0. The normalized spacial score (nSPS) is 26.4. The van der Waals surface area contributed by atoms with Crippen LogP contribution < -0.4 is 10.6 Å². The zero-order chi connectivity index (χ0) is 20.8. The maximum absolute atomic E-state index is 12.5. The van der Waals surface area contributed by atoms with E-state index in [1.807, 2.05) is 14.1 Å². The Bertz CT molecular complexity index is 597. The molecule has 2 heterocycles. The predicted molar refractivity (Wildman–Crippen MR) is 101 cm³/mol.